The first-order valence-electron chi connectivity index (χ1n) is 7.19. The van der Waals surface area contributed by atoms with Crippen LogP contribution in [0.5, 0.6) is 5.75 Å². The van der Waals surface area contributed by atoms with Crippen molar-refractivity contribution in [1.29, 1.82) is 0 Å². The zero-order valence-corrected chi connectivity index (χ0v) is 13.7. The average molecular weight is 315 g/mol. The Bertz CT molecular complexity index is 612. The molecule has 0 aliphatic rings. The van der Waals surface area contributed by atoms with Crippen molar-refractivity contribution in [2.24, 2.45) is 0 Å². The fourth-order valence-corrected chi connectivity index (χ4v) is 2.91. The van der Waals surface area contributed by atoms with Crippen LogP contribution in [0.2, 0.25) is 0 Å². The first-order chi connectivity index (χ1) is 10.5. The highest BCUT2D eigenvalue weighted by Gasteiger charge is 2.24. The standard InChI is InChI=1S/C18H21NO2S/c1-4-11-21-16-9-7-15(8-10-16)14(2)19-13-18(3,20)17-6-5-12-22-17/h1,5-10,12,14,19-20H,11,13H2,2-3H3. The number of nitrogens with one attached hydrogen (secondary N) is 1. The molecule has 2 aromatic rings. The van der Waals surface area contributed by atoms with Crippen molar-refractivity contribution in [3.8, 4) is 18.1 Å². The lowest BCUT2D eigenvalue weighted by atomic mass is 10.0. The minimum atomic E-state index is -0.863. The fraction of sp³-hybridized carbons (Fsp3) is 0.333. The number of benzene rings is 1. The van der Waals surface area contributed by atoms with Crippen molar-refractivity contribution in [3.63, 3.8) is 0 Å². The molecule has 2 N–H and O–H groups in total. The normalized spacial score (nSPS) is 14.8. The second-order valence-electron chi connectivity index (χ2n) is 5.42. The number of aliphatic hydroxyl groups is 1. The summed E-state index contributed by atoms with van der Waals surface area (Å²) in [5, 5.41) is 15.9. The molecule has 1 aromatic carbocycles. The number of hydrogen-bond acceptors (Lipinski definition) is 4. The van der Waals surface area contributed by atoms with Gasteiger partial charge in [0.2, 0.25) is 0 Å². The van der Waals surface area contributed by atoms with Gasteiger partial charge >= 0.3 is 0 Å². The van der Waals surface area contributed by atoms with Crippen molar-refractivity contribution in [3.05, 3.63) is 52.2 Å². The molecule has 0 saturated heterocycles. The molecule has 0 spiro atoms. The summed E-state index contributed by atoms with van der Waals surface area (Å²) in [5.41, 5.74) is 0.271. The Morgan fingerprint density at radius 1 is 1.36 bits per heavy atom. The second kappa shape index (κ2) is 7.46. The van der Waals surface area contributed by atoms with Crippen molar-refractivity contribution in [2.45, 2.75) is 25.5 Å². The number of terminal acetylenes is 1. The van der Waals surface area contributed by atoms with E-state index in [2.05, 4.69) is 18.2 Å². The third kappa shape index (κ3) is 4.35. The maximum Gasteiger partial charge on any atom is 0.148 e. The van der Waals surface area contributed by atoms with E-state index in [-0.39, 0.29) is 12.6 Å². The SMILES string of the molecule is C#CCOc1ccc(C(C)NCC(C)(O)c2cccs2)cc1. The highest BCUT2D eigenvalue weighted by atomic mass is 32.1. The van der Waals surface area contributed by atoms with Crippen LogP contribution in [0.15, 0.2) is 41.8 Å². The van der Waals surface area contributed by atoms with Crippen molar-refractivity contribution < 1.29 is 9.84 Å². The number of thiophene rings is 1. The van der Waals surface area contributed by atoms with Gasteiger partial charge in [-0.3, -0.25) is 0 Å². The molecule has 116 valence electrons. The molecule has 0 fully saturated rings. The Balaban J connectivity index is 1.92. The molecule has 0 aliphatic heterocycles. The van der Waals surface area contributed by atoms with Crippen LogP contribution in [0.4, 0.5) is 0 Å². The Kier molecular flexibility index (Phi) is 5.62. The highest BCUT2D eigenvalue weighted by molar-refractivity contribution is 7.10. The Morgan fingerprint density at radius 3 is 2.68 bits per heavy atom. The minimum absolute atomic E-state index is 0.133. The van der Waals surface area contributed by atoms with Crippen LogP contribution in [0, 0.1) is 12.3 Å². The molecule has 4 heteroatoms. The number of rotatable bonds is 7. The monoisotopic (exact) mass is 315 g/mol. The zero-order chi connectivity index (χ0) is 16.0. The maximum atomic E-state index is 10.5. The molecular formula is C18H21NO2S. The topological polar surface area (TPSA) is 41.5 Å². The van der Waals surface area contributed by atoms with E-state index in [1.165, 1.54) is 0 Å². The molecular weight excluding hydrogens is 294 g/mol. The summed E-state index contributed by atoms with van der Waals surface area (Å²) in [5.74, 6) is 3.21. The summed E-state index contributed by atoms with van der Waals surface area (Å²) < 4.78 is 5.36. The second-order valence-corrected chi connectivity index (χ2v) is 6.36. The lowest BCUT2D eigenvalue weighted by Crippen LogP contribution is -2.36. The molecule has 0 saturated carbocycles. The van der Waals surface area contributed by atoms with E-state index < -0.39 is 5.60 Å². The van der Waals surface area contributed by atoms with Gasteiger partial charge in [-0.15, -0.1) is 17.8 Å². The van der Waals surface area contributed by atoms with Crippen LogP contribution in [-0.4, -0.2) is 18.3 Å². The predicted molar refractivity (Wildman–Crippen MR) is 91.1 cm³/mol. The molecule has 1 heterocycles. The van der Waals surface area contributed by atoms with Gasteiger partial charge in [-0.2, -0.15) is 0 Å². The van der Waals surface area contributed by atoms with E-state index in [9.17, 15) is 5.11 Å². The number of hydrogen-bond donors (Lipinski definition) is 2. The molecule has 1 aromatic heterocycles. The molecule has 22 heavy (non-hydrogen) atoms. The lowest BCUT2D eigenvalue weighted by Gasteiger charge is -2.25. The third-order valence-corrected chi connectivity index (χ3v) is 4.63. The fourth-order valence-electron chi connectivity index (χ4n) is 2.12. The first kappa shape index (κ1) is 16.6. The first-order valence-corrected chi connectivity index (χ1v) is 8.07. The van der Waals surface area contributed by atoms with E-state index in [0.717, 1.165) is 16.2 Å². The molecule has 0 bridgehead atoms. The minimum Gasteiger partial charge on any atom is -0.481 e. The van der Waals surface area contributed by atoms with Gasteiger partial charge in [-0.1, -0.05) is 24.1 Å². The summed E-state index contributed by atoms with van der Waals surface area (Å²) >= 11 is 1.56. The molecule has 2 atom stereocenters. The Morgan fingerprint density at radius 2 is 2.09 bits per heavy atom. The van der Waals surface area contributed by atoms with Gasteiger partial charge in [0.05, 0.1) is 0 Å². The number of ether oxygens (including phenoxy) is 1. The van der Waals surface area contributed by atoms with Crippen molar-refractivity contribution in [1.82, 2.24) is 5.32 Å². The van der Waals surface area contributed by atoms with Crippen LogP contribution in [0.25, 0.3) is 0 Å². The van der Waals surface area contributed by atoms with Gasteiger partial charge < -0.3 is 15.2 Å². The molecule has 0 amide bonds. The lowest BCUT2D eigenvalue weighted by molar-refractivity contribution is 0.0581. The summed E-state index contributed by atoms with van der Waals surface area (Å²) in [6.45, 7) is 4.66. The zero-order valence-electron chi connectivity index (χ0n) is 12.9. The Labute approximate surface area is 136 Å². The van der Waals surface area contributed by atoms with E-state index in [1.54, 1.807) is 11.3 Å². The average Bonchev–Trinajstić information content (AvgIpc) is 3.06. The smallest absolute Gasteiger partial charge is 0.148 e. The van der Waals surface area contributed by atoms with Gasteiger partial charge in [0.15, 0.2) is 0 Å². The maximum absolute atomic E-state index is 10.5. The van der Waals surface area contributed by atoms with E-state index in [4.69, 9.17) is 11.2 Å². The van der Waals surface area contributed by atoms with Gasteiger partial charge in [-0.25, -0.2) is 0 Å². The summed E-state index contributed by atoms with van der Waals surface area (Å²) in [4.78, 5) is 0.963. The summed E-state index contributed by atoms with van der Waals surface area (Å²) in [6, 6.07) is 11.9. The van der Waals surface area contributed by atoms with Crippen LogP contribution < -0.4 is 10.1 Å². The van der Waals surface area contributed by atoms with Crippen molar-refractivity contribution in [2.75, 3.05) is 13.2 Å². The van der Waals surface area contributed by atoms with Crippen LogP contribution in [0.3, 0.4) is 0 Å². The van der Waals surface area contributed by atoms with Gasteiger partial charge in [0.1, 0.15) is 18.0 Å². The van der Waals surface area contributed by atoms with Crippen LogP contribution in [-0.2, 0) is 5.60 Å². The quantitative estimate of drug-likeness (QED) is 0.770. The molecule has 3 nitrogen and oxygen atoms in total. The summed E-state index contributed by atoms with van der Waals surface area (Å²) in [6.07, 6.45) is 5.17. The molecule has 0 radical (unpaired) electrons. The van der Waals surface area contributed by atoms with E-state index in [1.807, 2.05) is 48.7 Å². The van der Waals surface area contributed by atoms with Crippen molar-refractivity contribution >= 4 is 11.3 Å². The van der Waals surface area contributed by atoms with Gasteiger partial charge in [0, 0.05) is 17.5 Å². The molecule has 0 aliphatic carbocycles. The molecule has 2 rings (SSSR count). The van der Waals surface area contributed by atoms with E-state index >= 15 is 0 Å². The van der Waals surface area contributed by atoms with Crippen LogP contribution in [0.1, 0.15) is 30.3 Å². The molecule has 2 unspecified atom stereocenters. The summed E-state index contributed by atoms with van der Waals surface area (Å²) in [7, 11) is 0. The predicted octanol–water partition coefficient (Wildman–Crippen LogP) is 3.32. The van der Waals surface area contributed by atoms with Gasteiger partial charge in [-0.05, 0) is 43.0 Å². The third-order valence-electron chi connectivity index (χ3n) is 3.51. The van der Waals surface area contributed by atoms with E-state index in [0.29, 0.717) is 6.54 Å². The Hall–Kier alpha value is -1.80. The van der Waals surface area contributed by atoms with Gasteiger partial charge in [0.25, 0.3) is 0 Å². The highest BCUT2D eigenvalue weighted by Crippen LogP contribution is 2.25. The largest absolute Gasteiger partial charge is 0.481 e. The van der Waals surface area contributed by atoms with Crippen LogP contribution >= 0.6 is 11.3 Å².